The SMILES string of the molecule is COc1ccc(Br)cc1NC(C)c1c(C)cc(C)nc1C. The minimum absolute atomic E-state index is 0.154. The molecule has 1 atom stereocenters. The fraction of sp³-hybridized carbons (Fsp3) is 0.353. The third-order valence-electron chi connectivity index (χ3n) is 3.55. The maximum atomic E-state index is 5.42. The molecule has 3 nitrogen and oxygen atoms in total. The van der Waals surface area contributed by atoms with Crippen LogP contribution in [0.3, 0.4) is 0 Å². The molecule has 0 aliphatic heterocycles. The molecule has 0 spiro atoms. The molecule has 112 valence electrons. The molecule has 1 heterocycles. The second kappa shape index (κ2) is 6.48. The summed E-state index contributed by atoms with van der Waals surface area (Å²) in [7, 11) is 1.68. The van der Waals surface area contributed by atoms with Gasteiger partial charge in [0.15, 0.2) is 0 Å². The number of nitrogens with zero attached hydrogens (tertiary/aromatic N) is 1. The Morgan fingerprint density at radius 3 is 2.52 bits per heavy atom. The maximum Gasteiger partial charge on any atom is 0.142 e. The molecule has 0 fully saturated rings. The van der Waals surface area contributed by atoms with Crippen molar-refractivity contribution in [3.05, 3.63) is 51.3 Å². The zero-order valence-corrected chi connectivity index (χ0v) is 14.7. The van der Waals surface area contributed by atoms with Gasteiger partial charge in [0.25, 0.3) is 0 Å². The Bertz CT molecular complexity index is 632. The Balaban J connectivity index is 2.34. The lowest BCUT2D eigenvalue weighted by atomic mass is 10.00. The molecule has 1 aromatic carbocycles. The summed E-state index contributed by atoms with van der Waals surface area (Å²) in [5.41, 5.74) is 5.60. The number of anilines is 1. The Labute approximate surface area is 134 Å². The lowest BCUT2D eigenvalue weighted by Gasteiger charge is -2.21. The van der Waals surface area contributed by atoms with Crippen molar-refractivity contribution in [3.63, 3.8) is 0 Å². The van der Waals surface area contributed by atoms with Crippen molar-refractivity contribution in [2.24, 2.45) is 0 Å². The Hall–Kier alpha value is -1.55. The quantitative estimate of drug-likeness (QED) is 0.848. The van der Waals surface area contributed by atoms with Crippen LogP contribution in [-0.4, -0.2) is 12.1 Å². The molecule has 2 rings (SSSR count). The number of nitrogens with one attached hydrogen (secondary N) is 1. The minimum atomic E-state index is 0.154. The lowest BCUT2D eigenvalue weighted by Crippen LogP contribution is -2.12. The number of methoxy groups -OCH3 is 1. The number of ether oxygens (including phenoxy) is 1. The maximum absolute atomic E-state index is 5.42. The number of hydrogen-bond donors (Lipinski definition) is 1. The summed E-state index contributed by atoms with van der Waals surface area (Å²) >= 11 is 3.50. The molecule has 1 aromatic heterocycles. The smallest absolute Gasteiger partial charge is 0.142 e. The largest absolute Gasteiger partial charge is 0.495 e. The monoisotopic (exact) mass is 348 g/mol. The van der Waals surface area contributed by atoms with Crippen LogP contribution in [-0.2, 0) is 0 Å². The molecule has 0 radical (unpaired) electrons. The summed E-state index contributed by atoms with van der Waals surface area (Å²) in [6, 6.07) is 8.23. The minimum Gasteiger partial charge on any atom is -0.495 e. The van der Waals surface area contributed by atoms with E-state index < -0.39 is 0 Å². The van der Waals surface area contributed by atoms with E-state index in [2.05, 4.69) is 53.1 Å². The van der Waals surface area contributed by atoms with E-state index in [1.165, 1.54) is 11.1 Å². The second-order valence-electron chi connectivity index (χ2n) is 5.29. The van der Waals surface area contributed by atoms with Gasteiger partial charge < -0.3 is 10.1 Å². The van der Waals surface area contributed by atoms with Crippen LogP contribution in [0.2, 0.25) is 0 Å². The van der Waals surface area contributed by atoms with Crippen molar-refractivity contribution in [3.8, 4) is 5.75 Å². The van der Waals surface area contributed by atoms with E-state index in [0.29, 0.717) is 0 Å². The second-order valence-corrected chi connectivity index (χ2v) is 6.21. The molecular formula is C17H21BrN2O. The topological polar surface area (TPSA) is 34.1 Å². The molecule has 1 N–H and O–H groups in total. The molecular weight excluding hydrogens is 328 g/mol. The van der Waals surface area contributed by atoms with Crippen LogP contribution in [0.1, 0.15) is 35.5 Å². The van der Waals surface area contributed by atoms with Crippen molar-refractivity contribution < 1.29 is 4.74 Å². The van der Waals surface area contributed by atoms with Gasteiger partial charge in [-0.2, -0.15) is 0 Å². The fourth-order valence-corrected chi connectivity index (χ4v) is 3.15. The molecule has 0 amide bonds. The first-order valence-electron chi connectivity index (χ1n) is 6.97. The van der Waals surface area contributed by atoms with Crippen molar-refractivity contribution in [1.29, 1.82) is 0 Å². The van der Waals surface area contributed by atoms with E-state index in [1.54, 1.807) is 7.11 Å². The highest BCUT2D eigenvalue weighted by molar-refractivity contribution is 9.10. The van der Waals surface area contributed by atoms with Crippen LogP contribution >= 0.6 is 15.9 Å². The molecule has 1 unspecified atom stereocenters. The van der Waals surface area contributed by atoms with E-state index in [4.69, 9.17) is 4.74 Å². The van der Waals surface area contributed by atoms with Crippen LogP contribution in [0.5, 0.6) is 5.75 Å². The molecule has 4 heteroatoms. The highest BCUT2D eigenvalue weighted by Gasteiger charge is 2.15. The third kappa shape index (κ3) is 3.56. The van der Waals surface area contributed by atoms with Gasteiger partial charge in [-0.05, 0) is 63.1 Å². The predicted molar refractivity (Wildman–Crippen MR) is 91.2 cm³/mol. The summed E-state index contributed by atoms with van der Waals surface area (Å²) in [5.74, 6) is 0.834. The van der Waals surface area contributed by atoms with Gasteiger partial charge in [0.2, 0.25) is 0 Å². The van der Waals surface area contributed by atoms with Crippen molar-refractivity contribution >= 4 is 21.6 Å². The summed E-state index contributed by atoms with van der Waals surface area (Å²) in [6.07, 6.45) is 0. The fourth-order valence-electron chi connectivity index (χ4n) is 2.79. The molecule has 0 aliphatic carbocycles. The number of aryl methyl sites for hydroxylation is 3. The summed E-state index contributed by atoms with van der Waals surface area (Å²) < 4.78 is 6.44. The Morgan fingerprint density at radius 1 is 1.19 bits per heavy atom. The van der Waals surface area contributed by atoms with Gasteiger partial charge in [-0.15, -0.1) is 0 Å². The third-order valence-corrected chi connectivity index (χ3v) is 4.04. The first-order valence-corrected chi connectivity index (χ1v) is 7.76. The van der Waals surface area contributed by atoms with Crippen LogP contribution in [0.15, 0.2) is 28.7 Å². The lowest BCUT2D eigenvalue weighted by molar-refractivity contribution is 0.416. The molecule has 2 aromatic rings. The van der Waals surface area contributed by atoms with Gasteiger partial charge in [-0.3, -0.25) is 4.98 Å². The number of pyridine rings is 1. The molecule has 0 aliphatic rings. The Morgan fingerprint density at radius 2 is 1.90 bits per heavy atom. The van der Waals surface area contributed by atoms with Crippen LogP contribution in [0.4, 0.5) is 5.69 Å². The molecule has 0 saturated carbocycles. The zero-order valence-electron chi connectivity index (χ0n) is 13.1. The summed E-state index contributed by atoms with van der Waals surface area (Å²) in [6.45, 7) is 8.37. The van der Waals surface area contributed by atoms with Gasteiger partial charge in [-0.1, -0.05) is 15.9 Å². The normalized spacial score (nSPS) is 12.1. The van der Waals surface area contributed by atoms with E-state index in [-0.39, 0.29) is 6.04 Å². The first kappa shape index (κ1) is 15.8. The van der Waals surface area contributed by atoms with Gasteiger partial charge in [0.1, 0.15) is 5.75 Å². The first-order chi connectivity index (χ1) is 9.92. The highest BCUT2D eigenvalue weighted by Crippen LogP contribution is 2.32. The van der Waals surface area contributed by atoms with E-state index in [1.807, 2.05) is 25.1 Å². The van der Waals surface area contributed by atoms with E-state index in [9.17, 15) is 0 Å². The van der Waals surface area contributed by atoms with Gasteiger partial charge in [0, 0.05) is 15.9 Å². The van der Waals surface area contributed by atoms with Crippen molar-refractivity contribution in [1.82, 2.24) is 4.98 Å². The van der Waals surface area contributed by atoms with E-state index in [0.717, 1.165) is 27.3 Å². The van der Waals surface area contributed by atoms with Crippen LogP contribution in [0, 0.1) is 20.8 Å². The van der Waals surface area contributed by atoms with Crippen LogP contribution < -0.4 is 10.1 Å². The Kier molecular flexibility index (Phi) is 4.88. The van der Waals surface area contributed by atoms with Gasteiger partial charge >= 0.3 is 0 Å². The molecule has 0 saturated heterocycles. The van der Waals surface area contributed by atoms with Gasteiger partial charge in [-0.25, -0.2) is 0 Å². The predicted octanol–water partition coefficient (Wildman–Crippen LogP) is 4.95. The van der Waals surface area contributed by atoms with Crippen molar-refractivity contribution in [2.75, 3.05) is 12.4 Å². The number of benzene rings is 1. The molecule has 0 bridgehead atoms. The van der Waals surface area contributed by atoms with Crippen molar-refractivity contribution in [2.45, 2.75) is 33.7 Å². The average Bonchev–Trinajstić information content (AvgIpc) is 2.37. The number of rotatable bonds is 4. The average molecular weight is 349 g/mol. The number of aromatic nitrogens is 1. The highest BCUT2D eigenvalue weighted by atomic mass is 79.9. The van der Waals surface area contributed by atoms with Crippen LogP contribution in [0.25, 0.3) is 0 Å². The summed E-state index contributed by atoms with van der Waals surface area (Å²) in [5, 5.41) is 3.52. The zero-order chi connectivity index (χ0) is 15.6. The number of halogens is 1. The number of hydrogen-bond acceptors (Lipinski definition) is 3. The standard InChI is InChI=1S/C17H21BrN2O/c1-10-8-11(2)19-12(3)17(10)13(4)20-15-9-14(18)6-7-16(15)21-5/h6-9,13,20H,1-5H3. The summed E-state index contributed by atoms with van der Waals surface area (Å²) in [4.78, 5) is 4.58. The molecule has 21 heavy (non-hydrogen) atoms. The van der Waals surface area contributed by atoms with E-state index >= 15 is 0 Å². The van der Waals surface area contributed by atoms with Gasteiger partial charge in [0.05, 0.1) is 18.8 Å².